The molecule has 0 saturated carbocycles. The Kier molecular flexibility index (Phi) is 6.84. The lowest BCUT2D eigenvalue weighted by molar-refractivity contribution is 0.217. The van der Waals surface area contributed by atoms with E-state index in [1.807, 2.05) is 18.4 Å². The minimum Gasteiger partial charge on any atom is -0.380 e. The van der Waals surface area contributed by atoms with Crippen LogP contribution >= 0.6 is 11.8 Å². The van der Waals surface area contributed by atoms with E-state index in [-0.39, 0.29) is 0 Å². The van der Waals surface area contributed by atoms with Crippen molar-refractivity contribution in [3.8, 4) is 11.8 Å². The van der Waals surface area contributed by atoms with Crippen LogP contribution in [0, 0.1) is 11.8 Å². The normalized spacial score (nSPS) is 11.7. The summed E-state index contributed by atoms with van der Waals surface area (Å²) in [6.07, 6.45) is 5.74. The quantitative estimate of drug-likeness (QED) is 0.487. The lowest BCUT2D eigenvalue weighted by atomic mass is 10.1. The van der Waals surface area contributed by atoms with Crippen LogP contribution < -0.4 is 0 Å². The van der Waals surface area contributed by atoms with Crippen LogP contribution in [0.3, 0.4) is 0 Å². The summed E-state index contributed by atoms with van der Waals surface area (Å²) in [5, 5.41) is 9.68. The summed E-state index contributed by atoms with van der Waals surface area (Å²) in [6.45, 7) is 2.16. The molecule has 0 bridgehead atoms. The maximum Gasteiger partial charge on any atom is 0.115 e. The second kappa shape index (κ2) is 8.22. The van der Waals surface area contributed by atoms with E-state index >= 15 is 0 Å². The van der Waals surface area contributed by atoms with Crippen molar-refractivity contribution in [2.24, 2.45) is 0 Å². The van der Waals surface area contributed by atoms with E-state index in [0.29, 0.717) is 0 Å². The molecule has 0 aliphatic carbocycles. The molecule has 1 aromatic carbocycles. The molecule has 0 radical (unpaired) electrons. The number of hydrogen-bond acceptors (Lipinski definition) is 2. The molecule has 1 rings (SSSR count). The number of aliphatic hydroxyl groups excluding tert-OH is 1. The molecule has 0 aromatic heterocycles. The number of unbranched alkanes of at least 4 members (excludes halogenated alkanes) is 2. The number of rotatable bonds is 5. The van der Waals surface area contributed by atoms with Crippen molar-refractivity contribution >= 4 is 11.8 Å². The summed E-state index contributed by atoms with van der Waals surface area (Å²) >= 11 is 1.70. The van der Waals surface area contributed by atoms with Crippen molar-refractivity contribution in [1.82, 2.24) is 0 Å². The lowest BCUT2D eigenvalue weighted by Gasteiger charge is -2.01. The second-order valence-electron chi connectivity index (χ2n) is 4.01. The molecule has 1 N–H and O–H groups in total. The highest BCUT2D eigenvalue weighted by Gasteiger charge is 1.98. The molecular formula is C15H20OS. The van der Waals surface area contributed by atoms with Gasteiger partial charge in [0.05, 0.1) is 0 Å². The highest BCUT2D eigenvalue weighted by molar-refractivity contribution is 7.98. The Bertz CT molecular complexity index is 389. The van der Waals surface area contributed by atoms with E-state index in [0.717, 1.165) is 18.4 Å². The molecule has 2 heteroatoms. The van der Waals surface area contributed by atoms with Gasteiger partial charge in [-0.3, -0.25) is 0 Å². The Balaban J connectivity index is 2.51. The van der Waals surface area contributed by atoms with Gasteiger partial charge in [0.2, 0.25) is 0 Å². The van der Waals surface area contributed by atoms with Gasteiger partial charge in [-0.05, 0) is 37.3 Å². The van der Waals surface area contributed by atoms with E-state index in [9.17, 15) is 5.11 Å². The van der Waals surface area contributed by atoms with Crippen LogP contribution in [0.4, 0.5) is 0 Å². The van der Waals surface area contributed by atoms with Crippen LogP contribution in [0.15, 0.2) is 29.2 Å². The van der Waals surface area contributed by atoms with E-state index in [1.54, 1.807) is 11.8 Å². The number of aliphatic hydroxyl groups is 1. The number of thioether (sulfide) groups is 1. The smallest absolute Gasteiger partial charge is 0.115 e. The fraction of sp³-hybridized carbons (Fsp3) is 0.467. The molecule has 1 aromatic rings. The van der Waals surface area contributed by atoms with Gasteiger partial charge in [-0.2, -0.15) is 0 Å². The molecule has 17 heavy (non-hydrogen) atoms. The molecule has 0 spiro atoms. The molecule has 0 amide bonds. The zero-order valence-corrected chi connectivity index (χ0v) is 11.4. The average molecular weight is 248 g/mol. The zero-order chi connectivity index (χ0) is 12.5. The molecule has 1 nitrogen and oxygen atoms in total. The van der Waals surface area contributed by atoms with Crippen LogP contribution in [-0.4, -0.2) is 17.5 Å². The maximum atomic E-state index is 9.68. The van der Waals surface area contributed by atoms with Gasteiger partial charge in [0.25, 0.3) is 0 Å². The first-order valence-corrected chi connectivity index (χ1v) is 7.32. The van der Waals surface area contributed by atoms with Crippen LogP contribution in [0.25, 0.3) is 0 Å². The zero-order valence-electron chi connectivity index (χ0n) is 10.6. The van der Waals surface area contributed by atoms with Gasteiger partial charge in [-0.25, -0.2) is 0 Å². The van der Waals surface area contributed by atoms with Gasteiger partial charge in [0.1, 0.15) is 6.10 Å². The fourth-order valence-electron chi connectivity index (χ4n) is 1.53. The summed E-state index contributed by atoms with van der Waals surface area (Å²) in [6, 6.07) is 8.09. The summed E-state index contributed by atoms with van der Waals surface area (Å²) in [7, 11) is 0. The molecule has 0 aliphatic rings. The Morgan fingerprint density at radius 1 is 1.35 bits per heavy atom. The Labute approximate surface area is 109 Å². The highest BCUT2D eigenvalue weighted by atomic mass is 32.2. The van der Waals surface area contributed by atoms with E-state index in [1.165, 1.54) is 17.7 Å². The predicted molar refractivity (Wildman–Crippen MR) is 75.2 cm³/mol. The minimum absolute atomic E-state index is 0.487. The minimum atomic E-state index is -0.487. The van der Waals surface area contributed by atoms with E-state index < -0.39 is 6.10 Å². The van der Waals surface area contributed by atoms with Crippen LogP contribution in [0.1, 0.15) is 38.2 Å². The van der Waals surface area contributed by atoms with Gasteiger partial charge in [0, 0.05) is 10.5 Å². The van der Waals surface area contributed by atoms with Crippen LogP contribution in [0.5, 0.6) is 0 Å². The van der Waals surface area contributed by atoms with Gasteiger partial charge in [0.15, 0.2) is 0 Å². The first-order chi connectivity index (χ1) is 8.26. The van der Waals surface area contributed by atoms with Crippen molar-refractivity contribution in [2.75, 3.05) is 6.26 Å². The summed E-state index contributed by atoms with van der Waals surface area (Å²) in [4.78, 5) is 1.21. The van der Waals surface area contributed by atoms with Crippen molar-refractivity contribution in [3.05, 3.63) is 29.8 Å². The monoisotopic (exact) mass is 248 g/mol. The molecule has 92 valence electrons. The first-order valence-electron chi connectivity index (χ1n) is 6.10. The third kappa shape index (κ3) is 5.81. The third-order valence-corrected chi connectivity index (χ3v) is 3.26. The molecule has 0 saturated heterocycles. The molecule has 1 atom stereocenters. The number of hydrogen-bond donors (Lipinski definition) is 1. The Hall–Kier alpha value is -0.910. The second-order valence-corrected chi connectivity index (χ2v) is 4.89. The van der Waals surface area contributed by atoms with Crippen molar-refractivity contribution in [2.45, 2.75) is 43.6 Å². The first kappa shape index (κ1) is 14.2. The van der Waals surface area contributed by atoms with Gasteiger partial charge in [-0.15, -0.1) is 11.8 Å². The standard InChI is InChI=1S/C15H20OS/c1-3-4-5-8-14(16)11-10-13-7-6-9-15(12-13)17-2/h6-7,9,12,14,16H,3-5,8H2,1-2H3. The summed E-state index contributed by atoms with van der Waals surface area (Å²) in [5.74, 6) is 5.94. The predicted octanol–water partition coefficient (Wildman–Crippen LogP) is 3.70. The van der Waals surface area contributed by atoms with Crippen LogP contribution in [-0.2, 0) is 0 Å². The highest BCUT2D eigenvalue weighted by Crippen LogP contribution is 2.15. The summed E-state index contributed by atoms with van der Waals surface area (Å²) in [5.41, 5.74) is 0.978. The van der Waals surface area contributed by atoms with Gasteiger partial charge in [-0.1, -0.05) is 37.7 Å². The molecule has 1 unspecified atom stereocenters. The summed E-state index contributed by atoms with van der Waals surface area (Å²) < 4.78 is 0. The van der Waals surface area contributed by atoms with E-state index in [2.05, 4.69) is 30.9 Å². The SMILES string of the molecule is CCCCCC(O)C#Cc1cccc(SC)c1. The lowest BCUT2D eigenvalue weighted by Crippen LogP contribution is -2.02. The fourth-order valence-corrected chi connectivity index (χ4v) is 1.99. The van der Waals surface area contributed by atoms with Gasteiger partial charge >= 0.3 is 0 Å². The topological polar surface area (TPSA) is 20.2 Å². The molecular weight excluding hydrogens is 228 g/mol. The number of benzene rings is 1. The van der Waals surface area contributed by atoms with Crippen LogP contribution in [0.2, 0.25) is 0 Å². The third-order valence-electron chi connectivity index (χ3n) is 2.53. The molecule has 0 aliphatic heterocycles. The van der Waals surface area contributed by atoms with Crippen molar-refractivity contribution < 1.29 is 5.11 Å². The maximum absolute atomic E-state index is 9.68. The Morgan fingerprint density at radius 3 is 2.88 bits per heavy atom. The largest absolute Gasteiger partial charge is 0.380 e. The molecule has 0 fully saturated rings. The van der Waals surface area contributed by atoms with E-state index in [4.69, 9.17) is 0 Å². The van der Waals surface area contributed by atoms with Crippen molar-refractivity contribution in [1.29, 1.82) is 0 Å². The van der Waals surface area contributed by atoms with Gasteiger partial charge < -0.3 is 5.11 Å². The average Bonchev–Trinajstić information content (AvgIpc) is 2.37. The Morgan fingerprint density at radius 2 is 2.18 bits per heavy atom. The molecule has 0 heterocycles. The van der Waals surface area contributed by atoms with Crippen molar-refractivity contribution in [3.63, 3.8) is 0 Å².